The Labute approximate surface area is 317 Å². The molecule has 0 radical (unpaired) electrons. The lowest BCUT2D eigenvalue weighted by Gasteiger charge is -2.58. The minimum absolute atomic E-state index is 0.0782. The zero-order chi connectivity index (χ0) is 38.5. The first-order chi connectivity index (χ1) is 24.7. The average Bonchev–Trinajstić information content (AvgIpc) is 3.53. The number of aliphatic hydroxyl groups is 2. The van der Waals surface area contributed by atoms with E-state index in [-0.39, 0.29) is 29.6 Å². The molecule has 2 N–H and O–H groups in total. The topological polar surface area (TPSA) is 130 Å². The first-order valence-corrected chi connectivity index (χ1v) is 20.7. The van der Waals surface area contributed by atoms with Gasteiger partial charge in [-0.15, -0.1) is 0 Å². The predicted octanol–water partition coefficient (Wildman–Crippen LogP) is 6.73. The molecule has 3 saturated carbocycles. The Hall–Kier alpha value is -1.56. The molecule has 10 heteroatoms. The maximum absolute atomic E-state index is 12.9. The summed E-state index contributed by atoms with van der Waals surface area (Å²) in [5.41, 5.74) is 0.162. The summed E-state index contributed by atoms with van der Waals surface area (Å²) in [7, 11) is 0. The maximum Gasteiger partial charge on any atom is 0.311 e. The summed E-state index contributed by atoms with van der Waals surface area (Å²) in [5, 5.41) is 22.7. The molecule has 2 unspecified atom stereocenters. The van der Waals surface area contributed by atoms with Gasteiger partial charge >= 0.3 is 11.9 Å². The molecule has 3 saturated heterocycles. The van der Waals surface area contributed by atoms with Gasteiger partial charge in [-0.05, 0) is 133 Å². The summed E-state index contributed by atoms with van der Waals surface area (Å²) in [6.45, 7) is 20.7. The van der Waals surface area contributed by atoms with Crippen LogP contribution in [0.3, 0.4) is 0 Å². The second-order valence-corrected chi connectivity index (χ2v) is 20.8. The van der Waals surface area contributed by atoms with Crippen molar-refractivity contribution in [3.63, 3.8) is 0 Å². The molecule has 0 aromatic carbocycles. The fourth-order valence-electron chi connectivity index (χ4n) is 11.9. The summed E-state index contributed by atoms with van der Waals surface area (Å²) < 4.78 is 37.4. The number of ether oxygens (including phenoxy) is 6. The lowest BCUT2D eigenvalue weighted by Crippen LogP contribution is -2.62. The number of carbonyl (C=O) groups excluding carboxylic acids is 2. The van der Waals surface area contributed by atoms with E-state index < -0.39 is 59.3 Å². The Morgan fingerprint density at radius 3 is 2.30 bits per heavy atom. The van der Waals surface area contributed by atoms with Crippen molar-refractivity contribution in [3.8, 4) is 0 Å². The van der Waals surface area contributed by atoms with E-state index in [9.17, 15) is 19.8 Å². The van der Waals surface area contributed by atoms with Crippen molar-refractivity contribution in [1.29, 1.82) is 0 Å². The molecule has 300 valence electrons. The third-order valence-electron chi connectivity index (χ3n) is 15.1. The zero-order valence-corrected chi connectivity index (χ0v) is 34.0. The summed E-state index contributed by atoms with van der Waals surface area (Å²) in [6.07, 6.45) is 5.54. The molecule has 1 spiro atoms. The summed E-state index contributed by atoms with van der Waals surface area (Å²) in [4.78, 5) is 25.6. The molecule has 7 aliphatic rings. The van der Waals surface area contributed by atoms with Gasteiger partial charge in [0.05, 0.1) is 29.6 Å². The van der Waals surface area contributed by atoms with Gasteiger partial charge in [0.15, 0.2) is 18.2 Å². The van der Waals surface area contributed by atoms with E-state index in [2.05, 4.69) is 33.8 Å². The number of carbonyl (C=O) groups is 2. The normalized spacial score (nSPS) is 48.2. The lowest BCUT2D eigenvalue weighted by molar-refractivity contribution is -0.316. The van der Waals surface area contributed by atoms with Crippen LogP contribution >= 0.6 is 0 Å². The van der Waals surface area contributed by atoms with Gasteiger partial charge < -0.3 is 38.6 Å². The molecule has 10 nitrogen and oxygen atoms in total. The van der Waals surface area contributed by atoms with Crippen molar-refractivity contribution >= 4 is 11.9 Å². The molecular weight excluding hydrogens is 676 g/mol. The van der Waals surface area contributed by atoms with Gasteiger partial charge in [0, 0.05) is 12.3 Å². The van der Waals surface area contributed by atoms with E-state index >= 15 is 0 Å². The minimum atomic E-state index is -1.42. The number of fused-ring (bicyclic) bond motifs is 7. The number of allylic oxidation sites excluding steroid dienone is 1. The van der Waals surface area contributed by atoms with Crippen molar-refractivity contribution < 1.29 is 48.2 Å². The van der Waals surface area contributed by atoms with Gasteiger partial charge in [-0.1, -0.05) is 39.3 Å². The highest BCUT2D eigenvalue weighted by atomic mass is 16.7. The standard InChI is InChI=1S/C43H68O10/c1-23-13-18-43(49-21-23)24(2)32-30(53-43)20-29-27-12-11-25-19-26(14-16-41(25,9)28(27)15-17-42(29,32)10)50-36-34(45)35(52-38(47)40(6,7)8)33(44)31(51-36)22-48-37(46)39(3,4)5/h11,23-24,26-36,44-45H,12-22H2,1-10H3/t23-,24+,26+,27-,28+,29+,30?,31-,32?,33-,34-,35+,36-,41+,42+,43-/m1/s1. The van der Waals surface area contributed by atoms with Crippen LogP contribution in [0, 0.1) is 57.2 Å². The van der Waals surface area contributed by atoms with Gasteiger partial charge in [0.2, 0.25) is 0 Å². The fourth-order valence-corrected chi connectivity index (χ4v) is 11.9. The van der Waals surface area contributed by atoms with Gasteiger partial charge in [-0.2, -0.15) is 0 Å². The van der Waals surface area contributed by atoms with Gasteiger partial charge in [0.1, 0.15) is 24.9 Å². The monoisotopic (exact) mass is 744 g/mol. The van der Waals surface area contributed by atoms with E-state index in [0.29, 0.717) is 35.5 Å². The van der Waals surface area contributed by atoms with Gasteiger partial charge in [-0.3, -0.25) is 9.59 Å². The molecule has 3 aliphatic heterocycles. The SMILES string of the molecule is C[C@@H]1CC[C@@]2(OC1)OC1C[C@H]3[C@@H]4CC=C5C[C@@H](O[C@@H]6O[C@H](COC(=O)C(C)(C)C)[C@@H](O)[C@H](OC(=O)C(C)(C)C)[C@H]6O)CC[C@]5(C)[C@H]4CC[C@]3(C)C1[C@@H]2C. The Morgan fingerprint density at radius 1 is 0.925 bits per heavy atom. The van der Waals surface area contributed by atoms with E-state index in [4.69, 9.17) is 28.4 Å². The molecule has 6 fully saturated rings. The van der Waals surface area contributed by atoms with E-state index in [1.54, 1.807) is 41.5 Å². The largest absolute Gasteiger partial charge is 0.462 e. The van der Waals surface area contributed by atoms with Crippen molar-refractivity contribution in [2.24, 2.45) is 57.2 Å². The van der Waals surface area contributed by atoms with Crippen LogP contribution in [0.1, 0.15) is 127 Å². The van der Waals surface area contributed by atoms with Crippen molar-refractivity contribution in [1.82, 2.24) is 0 Å². The van der Waals surface area contributed by atoms with Crippen molar-refractivity contribution in [2.45, 2.75) is 176 Å². The highest BCUT2D eigenvalue weighted by molar-refractivity contribution is 5.76. The summed E-state index contributed by atoms with van der Waals surface area (Å²) >= 11 is 0. The van der Waals surface area contributed by atoms with Gasteiger partial charge in [-0.25, -0.2) is 0 Å². The molecule has 0 amide bonds. The Kier molecular flexibility index (Phi) is 10.3. The minimum Gasteiger partial charge on any atom is -0.462 e. The highest BCUT2D eigenvalue weighted by Crippen LogP contribution is 2.70. The van der Waals surface area contributed by atoms with Crippen LogP contribution in [0.2, 0.25) is 0 Å². The van der Waals surface area contributed by atoms with Crippen molar-refractivity contribution in [3.05, 3.63) is 11.6 Å². The van der Waals surface area contributed by atoms with Crippen LogP contribution in [-0.2, 0) is 38.0 Å². The second kappa shape index (κ2) is 13.8. The summed E-state index contributed by atoms with van der Waals surface area (Å²) in [5.74, 6) is 2.01. The number of esters is 2. The molecule has 0 aromatic heterocycles. The predicted molar refractivity (Wildman–Crippen MR) is 197 cm³/mol. The Morgan fingerprint density at radius 2 is 1.64 bits per heavy atom. The number of hydrogen-bond acceptors (Lipinski definition) is 10. The fraction of sp³-hybridized carbons (Fsp3) is 0.907. The van der Waals surface area contributed by atoms with E-state index in [1.807, 2.05) is 0 Å². The molecule has 7 rings (SSSR count). The Bertz CT molecular complexity index is 1420. The molecule has 53 heavy (non-hydrogen) atoms. The number of hydrogen-bond donors (Lipinski definition) is 2. The van der Waals surface area contributed by atoms with Crippen LogP contribution in [0.4, 0.5) is 0 Å². The van der Waals surface area contributed by atoms with Crippen LogP contribution < -0.4 is 0 Å². The molecule has 0 aromatic rings. The third-order valence-corrected chi connectivity index (χ3v) is 15.1. The molecule has 0 bridgehead atoms. The molecule has 3 heterocycles. The number of rotatable bonds is 5. The van der Waals surface area contributed by atoms with E-state index in [0.717, 1.165) is 45.1 Å². The summed E-state index contributed by atoms with van der Waals surface area (Å²) in [6, 6.07) is 0. The second-order valence-electron chi connectivity index (χ2n) is 20.8. The van der Waals surface area contributed by atoms with Crippen LogP contribution in [0.25, 0.3) is 0 Å². The van der Waals surface area contributed by atoms with Crippen LogP contribution in [0.15, 0.2) is 11.6 Å². The molecule has 16 atom stereocenters. The van der Waals surface area contributed by atoms with Gasteiger partial charge in [0.25, 0.3) is 0 Å². The van der Waals surface area contributed by atoms with Crippen LogP contribution in [-0.4, -0.2) is 84.1 Å². The van der Waals surface area contributed by atoms with Crippen molar-refractivity contribution in [2.75, 3.05) is 13.2 Å². The maximum atomic E-state index is 12.9. The first kappa shape index (κ1) is 39.7. The Balaban J connectivity index is 1.04. The molecule has 4 aliphatic carbocycles. The van der Waals surface area contributed by atoms with Crippen LogP contribution in [0.5, 0.6) is 0 Å². The first-order valence-electron chi connectivity index (χ1n) is 20.7. The lowest BCUT2D eigenvalue weighted by atomic mass is 9.47. The quantitative estimate of drug-likeness (QED) is 0.231. The highest BCUT2D eigenvalue weighted by Gasteiger charge is 2.68. The smallest absolute Gasteiger partial charge is 0.311 e. The number of aliphatic hydroxyl groups excluding tert-OH is 2. The molecular formula is C43H68O10. The van der Waals surface area contributed by atoms with E-state index in [1.165, 1.54) is 24.8 Å². The zero-order valence-electron chi connectivity index (χ0n) is 34.0. The third kappa shape index (κ3) is 6.85. The average molecular weight is 745 g/mol.